The van der Waals surface area contributed by atoms with Gasteiger partial charge >= 0.3 is 5.97 Å². The summed E-state index contributed by atoms with van der Waals surface area (Å²) in [5.41, 5.74) is 1.08. The second kappa shape index (κ2) is 6.72. The molecular formula is C14H17ClN2O3. The van der Waals surface area contributed by atoms with E-state index < -0.39 is 5.97 Å². The van der Waals surface area contributed by atoms with Crippen molar-refractivity contribution in [3.63, 3.8) is 0 Å². The Hall–Kier alpha value is -1.59. The number of halogens is 1. The molecule has 0 unspecified atom stereocenters. The molecule has 0 saturated carbocycles. The number of amides is 1. The van der Waals surface area contributed by atoms with Crippen molar-refractivity contribution < 1.29 is 14.7 Å². The zero-order valence-corrected chi connectivity index (χ0v) is 11.8. The molecule has 2 rings (SSSR count). The van der Waals surface area contributed by atoms with Crippen molar-refractivity contribution in [2.75, 3.05) is 26.2 Å². The summed E-state index contributed by atoms with van der Waals surface area (Å²) in [5, 5.41) is 12.2. The van der Waals surface area contributed by atoms with Gasteiger partial charge in [0.25, 0.3) is 0 Å². The molecular weight excluding hydrogens is 280 g/mol. The molecule has 1 aromatic carbocycles. The molecule has 1 aliphatic heterocycles. The van der Waals surface area contributed by atoms with Gasteiger partial charge in [-0.05, 0) is 24.1 Å². The fraction of sp³-hybridized carbons (Fsp3) is 0.429. The van der Waals surface area contributed by atoms with Gasteiger partial charge in [0.05, 0.1) is 12.5 Å². The van der Waals surface area contributed by atoms with Gasteiger partial charge in [0.15, 0.2) is 0 Å². The fourth-order valence-corrected chi connectivity index (χ4v) is 2.37. The first-order chi connectivity index (χ1) is 9.54. The normalized spacial score (nSPS) is 15.7. The van der Waals surface area contributed by atoms with Crippen LogP contribution in [0.25, 0.3) is 0 Å². The Balaban J connectivity index is 1.63. The Morgan fingerprint density at radius 3 is 2.80 bits per heavy atom. The van der Waals surface area contributed by atoms with E-state index in [1.165, 1.54) is 0 Å². The topological polar surface area (TPSA) is 69.6 Å². The highest BCUT2D eigenvalue weighted by Gasteiger charge is 2.33. The smallest absolute Gasteiger partial charge is 0.309 e. The van der Waals surface area contributed by atoms with Crippen LogP contribution in [0.2, 0.25) is 5.02 Å². The van der Waals surface area contributed by atoms with Crippen molar-refractivity contribution in [3.8, 4) is 0 Å². The van der Waals surface area contributed by atoms with Crippen LogP contribution in [0.15, 0.2) is 24.3 Å². The fourth-order valence-electron chi connectivity index (χ4n) is 2.15. The van der Waals surface area contributed by atoms with Gasteiger partial charge in [-0.3, -0.25) is 14.5 Å². The maximum Gasteiger partial charge on any atom is 0.309 e. The van der Waals surface area contributed by atoms with Crippen LogP contribution in [0.4, 0.5) is 0 Å². The van der Waals surface area contributed by atoms with Crippen LogP contribution in [0, 0.1) is 5.92 Å². The summed E-state index contributed by atoms with van der Waals surface area (Å²) in [4.78, 5) is 24.1. The molecule has 108 valence electrons. The highest BCUT2D eigenvalue weighted by Crippen LogP contribution is 2.14. The number of carbonyl (C=O) groups is 2. The van der Waals surface area contributed by atoms with Gasteiger partial charge in [-0.1, -0.05) is 23.7 Å². The van der Waals surface area contributed by atoms with Gasteiger partial charge in [-0.15, -0.1) is 0 Å². The van der Waals surface area contributed by atoms with Crippen LogP contribution in [0.3, 0.4) is 0 Å². The number of nitrogens with zero attached hydrogens (tertiary/aromatic N) is 1. The number of rotatable bonds is 6. The third kappa shape index (κ3) is 4.21. The molecule has 0 radical (unpaired) electrons. The third-order valence-electron chi connectivity index (χ3n) is 3.30. The Morgan fingerprint density at radius 2 is 2.15 bits per heavy atom. The highest BCUT2D eigenvalue weighted by atomic mass is 35.5. The van der Waals surface area contributed by atoms with E-state index in [1.807, 2.05) is 29.2 Å². The molecule has 6 heteroatoms. The van der Waals surface area contributed by atoms with Gasteiger partial charge in [0.1, 0.15) is 0 Å². The molecule has 20 heavy (non-hydrogen) atoms. The van der Waals surface area contributed by atoms with Crippen molar-refractivity contribution in [3.05, 3.63) is 34.9 Å². The lowest BCUT2D eigenvalue weighted by Gasteiger charge is -2.35. The minimum Gasteiger partial charge on any atom is -0.481 e. The minimum absolute atomic E-state index is 0.0733. The summed E-state index contributed by atoms with van der Waals surface area (Å²) >= 11 is 5.88. The number of carbonyl (C=O) groups excluding carboxylic acids is 1. The number of benzene rings is 1. The molecule has 1 amide bonds. The number of nitrogens with one attached hydrogen (secondary N) is 1. The van der Waals surface area contributed by atoms with E-state index in [0.717, 1.165) is 12.0 Å². The average Bonchev–Trinajstić information content (AvgIpc) is 2.33. The maximum atomic E-state index is 11.7. The van der Waals surface area contributed by atoms with Crippen LogP contribution in [-0.4, -0.2) is 48.1 Å². The number of hydrogen-bond donors (Lipinski definition) is 2. The summed E-state index contributed by atoms with van der Waals surface area (Å²) < 4.78 is 0. The SMILES string of the molecule is O=C(CN1CC(C(=O)O)C1)NCCc1cccc(Cl)c1. The van der Waals surface area contributed by atoms with E-state index in [0.29, 0.717) is 24.7 Å². The Morgan fingerprint density at radius 1 is 1.40 bits per heavy atom. The van der Waals surface area contributed by atoms with Gasteiger partial charge in [0, 0.05) is 24.7 Å². The summed E-state index contributed by atoms with van der Waals surface area (Å²) in [6.45, 7) is 1.72. The zero-order valence-electron chi connectivity index (χ0n) is 11.0. The molecule has 1 heterocycles. The van der Waals surface area contributed by atoms with Gasteiger partial charge in [0.2, 0.25) is 5.91 Å². The number of carboxylic acids is 1. The average molecular weight is 297 g/mol. The molecule has 1 aliphatic rings. The number of aliphatic carboxylic acids is 1. The number of carboxylic acid groups (broad SMARTS) is 1. The Kier molecular flexibility index (Phi) is 4.98. The van der Waals surface area contributed by atoms with Crippen LogP contribution in [0.5, 0.6) is 0 Å². The molecule has 1 aromatic rings. The van der Waals surface area contributed by atoms with Crippen LogP contribution in [-0.2, 0) is 16.0 Å². The molecule has 2 N–H and O–H groups in total. The molecule has 1 fully saturated rings. The summed E-state index contributed by atoms with van der Waals surface area (Å²) in [7, 11) is 0. The van der Waals surface area contributed by atoms with Crippen LogP contribution in [0.1, 0.15) is 5.56 Å². The van der Waals surface area contributed by atoms with Crippen molar-refractivity contribution in [1.82, 2.24) is 10.2 Å². The molecule has 5 nitrogen and oxygen atoms in total. The van der Waals surface area contributed by atoms with Crippen LogP contribution < -0.4 is 5.32 Å². The largest absolute Gasteiger partial charge is 0.481 e. The van der Waals surface area contributed by atoms with E-state index in [4.69, 9.17) is 16.7 Å². The molecule has 0 atom stereocenters. The first-order valence-corrected chi connectivity index (χ1v) is 6.88. The Bertz CT molecular complexity index is 501. The predicted octanol–water partition coefficient (Wildman–Crippen LogP) is 1.02. The lowest BCUT2D eigenvalue weighted by atomic mass is 10.0. The van der Waals surface area contributed by atoms with Crippen molar-refractivity contribution >= 4 is 23.5 Å². The lowest BCUT2D eigenvalue weighted by molar-refractivity contribution is -0.148. The van der Waals surface area contributed by atoms with Gasteiger partial charge < -0.3 is 10.4 Å². The standard InChI is InChI=1S/C14H17ClN2O3/c15-12-3-1-2-10(6-12)4-5-16-13(18)9-17-7-11(8-17)14(19)20/h1-3,6,11H,4-5,7-9H2,(H,16,18)(H,19,20). The van der Waals surface area contributed by atoms with Gasteiger partial charge in [-0.25, -0.2) is 0 Å². The van der Waals surface area contributed by atoms with E-state index in [2.05, 4.69) is 5.32 Å². The molecule has 0 aromatic heterocycles. The molecule has 0 aliphatic carbocycles. The first-order valence-electron chi connectivity index (χ1n) is 6.51. The molecule has 1 saturated heterocycles. The van der Waals surface area contributed by atoms with E-state index in [1.54, 1.807) is 0 Å². The first kappa shape index (κ1) is 14.8. The summed E-state index contributed by atoms with van der Waals surface area (Å²) in [6, 6.07) is 7.53. The quantitative estimate of drug-likeness (QED) is 0.822. The Labute approximate surface area is 122 Å². The van der Waals surface area contributed by atoms with Crippen molar-refractivity contribution in [1.29, 1.82) is 0 Å². The second-order valence-corrected chi connectivity index (χ2v) is 5.40. The third-order valence-corrected chi connectivity index (χ3v) is 3.53. The maximum absolute atomic E-state index is 11.7. The summed E-state index contributed by atoms with van der Waals surface area (Å²) in [6.07, 6.45) is 0.726. The van der Waals surface area contributed by atoms with Crippen LogP contribution >= 0.6 is 11.6 Å². The van der Waals surface area contributed by atoms with Crippen molar-refractivity contribution in [2.24, 2.45) is 5.92 Å². The van der Waals surface area contributed by atoms with E-state index in [-0.39, 0.29) is 18.4 Å². The molecule has 0 spiro atoms. The number of likely N-dealkylation sites (tertiary alicyclic amines) is 1. The lowest BCUT2D eigenvalue weighted by Crippen LogP contribution is -2.53. The van der Waals surface area contributed by atoms with E-state index in [9.17, 15) is 9.59 Å². The van der Waals surface area contributed by atoms with E-state index >= 15 is 0 Å². The zero-order chi connectivity index (χ0) is 14.5. The highest BCUT2D eigenvalue weighted by molar-refractivity contribution is 6.30. The molecule has 0 bridgehead atoms. The number of hydrogen-bond acceptors (Lipinski definition) is 3. The second-order valence-electron chi connectivity index (χ2n) is 4.96. The van der Waals surface area contributed by atoms with Gasteiger partial charge in [-0.2, -0.15) is 0 Å². The summed E-state index contributed by atoms with van der Waals surface area (Å²) in [5.74, 6) is -1.19. The predicted molar refractivity (Wildman–Crippen MR) is 75.7 cm³/mol. The van der Waals surface area contributed by atoms with Crippen molar-refractivity contribution in [2.45, 2.75) is 6.42 Å². The monoisotopic (exact) mass is 296 g/mol. The minimum atomic E-state index is -0.789.